The molecule has 1 amide bonds. The topological polar surface area (TPSA) is 64.6 Å². The van der Waals surface area contributed by atoms with E-state index in [4.69, 9.17) is 9.47 Å². The molecule has 3 aromatic carbocycles. The highest BCUT2D eigenvalue weighted by Gasteiger charge is 2.21. The Bertz CT molecular complexity index is 952. The smallest absolute Gasteiger partial charge is 0.342 e. The zero-order valence-corrected chi connectivity index (χ0v) is 15.7. The number of nitrogens with one attached hydrogen (secondary N) is 1. The average molecular weight is 375 g/mol. The van der Waals surface area contributed by atoms with Crippen molar-refractivity contribution >= 4 is 17.6 Å². The third-order valence-electron chi connectivity index (χ3n) is 4.05. The molecule has 0 bridgehead atoms. The molecule has 0 aromatic heterocycles. The van der Waals surface area contributed by atoms with Crippen LogP contribution in [-0.4, -0.2) is 18.0 Å². The zero-order chi connectivity index (χ0) is 19.9. The molecule has 0 unspecified atom stereocenters. The van der Waals surface area contributed by atoms with Crippen LogP contribution in [0.1, 0.15) is 22.8 Å². The zero-order valence-electron chi connectivity index (χ0n) is 15.7. The highest BCUT2D eigenvalue weighted by Crippen LogP contribution is 2.26. The molecule has 5 nitrogen and oxygen atoms in total. The van der Waals surface area contributed by atoms with Crippen LogP contribution in [-0.2, 0) is 9.53 Å². The first-order valence-electron chi connectivity index (χ1n) is 8.93. The lowest BCUT2D eigenvalue weighted by molar-refractivity contribution is -0.123. The maximum absolute atomic E-state index is 12.6. The standard InChI is InChI=1S/C23H21NO4/c1-16-12-14-18(15-13-16)24-22(25)17(2)27-23(26)20-10-6-7-11-21(20)28-19-8-4-3-5-9-19/h3-15,17H,1-2H3,(H,24,25)/t17-/m0/s1. The molecule has 0 radical (unpaired) electrons. The minimum atomic E-state index is -0.960. The molecule has 1 N–H and O–H groups in total. The number of amides is 1. The summed E-state index contributed by atoms with van der Waals surface area (Å²) in [6.07, 6.45) is -0.960. The monoisotopic (exact) mass is 375 g/mol. The van der Waals surface area contributed by atoms with Crippen molar-refractivity contribution in [3.63, 3.8) is 0 Å². The van der Waals surface area contributed by atoms with Crippen LogP contribution in [0.15, 0.2) is 78.9 Å². The number of esters is 1. The molecule has 0 fully saturated rings. The summed E-state index contributed by atoms with van der Waals surface area (Å²) in [7, 11) is 0. The highest BCUT2D eigenvalue weighted by atomic mass is 16.5. The second kappa shape index (κ2) is 8.86. The van der Waals surface area contributed by atoms with Gasteiger partial charge >= 0.3 is 5.97 Å². The summed E-state index contributed by atoms with van der Waals surface area (Å²) in [6, 6.07) is 23.3. The fourth-order valence-electron chi connectivity index (χ4n) is 2.50. The molecule has 5 heteroatoms. The van der Waals surface area contributed by atoms with Gasteiger partial charge in [-0.3, -0.25) is 4.79 Å². The molecule has 3 aromatic rings. The van der Waals surface area contributed by atoms with E-state index in [1.807, 2.05) is 37.3 Å². The number of carbonyl (C=O) groups excluding carboxylic acids is 2. The number of anilines is 1. The van der Waals surface area contributed by atoms with Gasteiger partial charge in [0.25, 0.3) is 5.91 Å². The van der Waals surface area contributed by atoms with E-state index >= 15 is 0 Å². The molecule has 1 atom stereocenters. The van der Waals surface area contributed by atoms with Gasteiger partial charge in [0, 0.05) is 5.69 Å². The summed E-state index contributed by atoms with van der Waals surface area (Å²) >= 11 is 0. The normalized spacial score (nSPS) is 11.4. The van der Waals surface area contributed by atoms with E-state index in [0.717, 1.165) is 5.56 Å². The Balaban J connectivity index is 1.67. The Morgan fingerprint density at radius 3 is 2.21 bits per heavy atom. The minimum absolute atomic E-state index is 0.251. The Morgan fingerprint density at radius 2 is 1.50 bits per heavy atom. The van der Waals surface area contributed by atoms with Gasteiger partial charge in [-0.05, 0) is 50.2 Å². The first-order valence-corrected chi connectivity index (χ1v) is 8.93. The van der Waals surface area contributed by atoms with E-state index in [9.17, 15) is 9.59 Å². The Kier molecular flexibility index (Phi) is 6.07. The molecular weight excluding hydrogens is 354 g/mol. The van der Waals surface area contributed by atoms with Gasteiger partial charge < -0.3 is 14.8 Å². The van der Waals surface area contributed by atoms with Gasteiger partial charge in [-0.25, -0.2) is 4.79 Å². The molecule has 0 saturated carbocycles. The number of carbonyl (C=O) groups is 2. The first kappa shape index (κ1) is 19.2. The summed E-state index contributed by atoms with van der Waals surface area (Å²) in [5.74, 6) is -0.0606. The lowest BCUT2D eigenvalue weighted by atomic mass is 10.2. The Hall–Kier alpha value is -3.60. The van der Waals surface area contributed by atoms with Gasteiger partial charge in [-0.2, -0.15) is 0 Å². The van der Waals surface area contributed by atoms with Crippen molar-refractivity contribution in [2.45, 2.75) is 20.0 Å². The average Bonchev–Trinajstić information content (AvgIpc) is 2.70. The first-order chi connectivity index (χ1) is 13.5. The summed E-state index contributed by atoms with van der Waals surface area (Å²) < 4.78 is 11.1. The number of rotatable bonds is 6. The van der Waals surface area contributed by atoms with Gasteiger partial charge in [0.15, 0.2) is 6.10 Å². The van der Waals surface area contributed by atoms with Crippen molar-refractivity contribution in [2.75, 3.05) is 5.32 Å². The molecule has 0 saturated heterocycles. The van der Waals surface area contributed by atoms with Crippen molar-refractivity contribution < 1.29 is 19.1 Å². The van der Waals surface area contributed by atoms with Crippen LogP contribution in [0.5, 0.6) is 11.5 Å². The summed E-state index contributed by atoms with van der Waals surface area (Å²) in [6.45, 7) is 3.49. The SMILES string of the molecule is Cc1ccc(NC(=O)[C@H](C)OC(=O)c2ccccc2Oc2ccccc2)cc1. The van der Waals surface area contributed by atoms with E-state index in [1.54, 1.807) is 48.5 Å². The van der Waals surface area contributed by atoms with Gasteiger partial charge in [-0.1, -0.05) is 48.0 Å². The van der Waals surface area contributed by atoms with Gasteiger partial charge in [0.05, 0.1) is 0 Å². The molecule has 0 heterocycles. The molecule has 0 aliphatic rings. The number of aryl methyl sites for hydroxylation is 1. The van der Waals surface area contributed by atoms with E-state index in [-0.39, 0.29) is 5.56 Å². The maximum Gasteiger partial charge on any atom is 0.342 e. The second-order valence-corrected chi connectivity index (χ2v) is 6.31. The fourth-order valence-corrected chi connectivity index (χ4v) is 2.50. The molecule has 0 spiro atoms. The fraction of sp³-hybridized carbons (Fsp3) is 0.130. The summed E-state index contributed by atoms with van der Waals surface area (Å²) in [4.78, 5) is 24.9. The lowest BCUT2D eigenvalue weighted by Gasteiger charge is -2.15. The van der Waals surface area contributed by atoms with Crippen molar-refractivity contribution in [3.05, 3.63) is 90.0 Å². The molecule has 0 aliphatic heterocycles. The van der Waals surface area contributed by atoms with Gasteiger partial charge in [-0.15, -0.1) is 0 Å². The van der Waals surface area contributed by atoms with Crippen molar-refractivity contribution in [3.8, 4) is 11.5 Å². The predicted molar refractivity (Wildman–Crippen MR) is 108 cm³/mol. The predicted octanol–water partition coefficient (Wildman–Crippen LogP) is 4.97. The number of para-hydroxylation sites is 2. The van der Waals surface area contributed by atoms with Gasteiger partial charge in [0.2, 0.25) is 0 Å². The van der Waals surface area contributed by atoms with Crippen molar-refractivity contribution in [1.29, 1.82) is 0 Å². The van der Waals surface area contributed by atoms with Crippen LogP contribution in [0.2, 0.25) is 0 Å². The van der Waals surface area contributed by atoms with Crippen LogP contribution >= 0.6 is 0 Å². The number of ether oxygens (including phenoxy) is 2. The van der Waals surface area contributed by atoms with Crippen LogP contribution in [0.3, 0.4) is 0 Å². The highest BCUT2D eigenvalue weighted by molar-refractivity contribution is 5.98. The Morgan fingerprint density at radius 1 is 0.857 bits per heavy atom. The van der Waals surface area contributed by atoms with Crippen LogP contribution in [0.25, 0.3) is 0 Å². The van der Waals surface area contributed by atoms with Crippen molar-refractivity contribution in [2.24, 2.45) is 0 Å². The summed E-state index contributed by atoms with van der Waals surface area (Å²) in [5.41, 5.74) is 1.99. The molecule has 28 heavy (non-hydrogen) atoms. The van der Waals surface area contributed by atoms with E-state index < -0.39 is 18.0 Å². The van der Waals surface area contributed by atoms with E-state index in [1.165, 1.54) is 6.92 Å². The number of hydrogen-bond donors (Lipinski definition) is 1. The largest absolute Gasteiger partial charge is 0.456 e. The van der Waals surface area contributed by atoms with Crippen LogP contribution in [0, 0.1) is 6.92 Å². The number of hydrogen-bond acceptors (Lipinski definition) is 4. The second-order valence-electron chi connectivity index (χ2n) is 6.31. The lowest BCUT2D eigenvalue weighted by Crippen LogP contribution is -2.30. The van der Waals surface area contributed by atoms with Crippen LogP contribution in [0.4, 0.5) is 5.69 Å². The van der Waals surface area contributed by atoms with Crippen molar-refractivity contribution in [1.82, 2.24) is 0 Å². The molecular formula is C23H21NO4. The quantitative estimate of drug-likeness (QED) is 0.618. The van der Waals surface area contributed by atoms with Crippen LogP contribution < -0.4 is 10.1 Å². The van der Waals surface area contributed by atoms with E-state index in [0.29, 0.717) is 17.2 Å². The maximum atomic E-state index is 12.6. The summed E-state index contributed by atoms with van der Waals surface area (Å²) in [5, 5.41) is 2.73. The molecule has 142 valence electrons. The van der Waals surface area contributed by atoms with E-state index in [2.05, 4.69) is 5.32 Å². The van der Waals surface area contributed by atoms with Gasteiger partial charge in [0.1, 0.15) is 17.1 Å². The Labute approximate surface area is 163 Å². The molecule has 0 aliphatic carbocycles. The minimum Gasteiger partial charge on any atom is -0.456 e. The third-order valence-corrected chi connectivity index (χ3v) is 4.05. The molecule has 3 rings (SSSR count). The number of benzene rings is 3. The third kappa shape index (κ3) is 4.98.